The van der Waals surface area contributed by atoms with Crippen molar-refractivity contribution >= 4 is 5.91 Å². The second-order valence-electron chi connectivity index (χ2n) is 3.97. The van der Waals surface area contributed by atoms with E-state index < -0.39 is 17.5 Å². The zero-order chi connectivity index (χ0) is 13.8. The zero-order valence-electron chi connectivity index (χ0n) is 9.86. The Morgan fingerprint density at radius 3 is 2.47 bits per heavy atom. The van der Waals surface area contributed by atoms with Crippen LogP contribution in [0.25, 0.3) is 0 Å². The molecule has 0 fully saturated rings. The molecule has 5 heteroatoms. The van der Waals surface area contributed by atoms with E-state index in [2.05, 4.69) is 5.32 Å². The van der Waals surface area contributed by atoms with Crippen molar-refractivity contribution in [3.05, 3.63) is 65.2 Å². The van der Waals surface area contributed by atoms with Gasteiger partial charge in [-0.1, -0.05) is 12.1 Å². The second-order valence-corrected chi connectivity index (χ2v) is 3.97. The highest BCUT2D eigenvalue weighted by molar-refractivity contribution is 5.94. The number of aromatic hydroxyl groups is 1. The maximum Gasteiger partial charge on any atom is 0.254 e. The summed E-state index contributed by atoms with van der Waals surface area (Å²) in [5.74, 6) is -2.02. The molecule has 0 saturated heterocycles. The maximum absolute atomic E-state index is 13.3. The Morgan fingerprint density at radius 1 is 1.11 bits per heavy atom. The lowest BCUT2D eigenvalue weighted by Gasteiger charge is -2.06. The number of hydrogen-bond donors (Lipinski definition) is 2. The van der Waals surface area contributed by atoms with Gasteiger partial charge in [0, 0.05) is 6.54 Å². The first-order valence-corrected chi connectivity index (χ1v) is 5.57. The average Bonchev–Trinajstić information content (AvgIpc) is 2.40. The Kier molecular flexibility index (Phi) is 3.75. The number of carbonyl (C=O) groups excluding carboxylic acids is 1. The molecule has 19 heavy (non-hydrogen) atoms. The first kappa shape index (κ1) is 13.0. The zero-order valence-corrected chi connectivity index (χ0v) is 9.86. The molecule has 0 heterocycles. The van der Waals surface area contributed by atoms with Gasteiger partial charge in [0.25, 0.3) is 5.91 Å². The lowest BCUT2D eigenvalue weighted by molar-refractivity contribution is 0.0946. The molecule has 0 radical (unpaired) electrons. The fourth-order valence-electron chi connectivity index (χ4n) is 1.56. The summed E-state index contributed by atoms with van der Waals surface area (Å²) in [7, 11) is 0. The van der Waals surface area contributed by atoms with Crippen molar-refractivity contribution in [3.63, 3.8) is 0 Å². The molecule has 0 atom stereocenters. The minimum Gasteiger partial charge on any atom is -0.508 e. The van der Waals surface area contributed by atoms with Crippen molar-refractivity contribution in [1.29, 1.82) is 0 Å². The Morgan fingerprint density at radius 2 is 1.79 bits per heavy atom. The van der Waals surface area contributed by atoms with E-state index >= 15 is 0 Å². The van der Waals surface area contributed by atoms with Gasteiger partial charge in [0.1, 0.15) is 17.4 Å². The topological polar surface area (TPSA) is 49.3 Å². The summed E-state index contributed by atoms with van der Waals surface area (Å²) in [5, 5.41) is 11.6. The Bertz CT molecular complexity index is 597. The summed E-state index contributed by atoms with van der Waals surface area (Å²) in [5.41, 5.74) is 0.404. The van der Waals surface area contributed by atoms with Gasteiger partial charge in [-0.15, -0.1) is 0 Å². The van der Waals surface area contributed by atoms with E-state index in [0.29, 0.717) is 0 Å². The molecule has 0 saturated carbocycles. The predicted octanol–water partition coefficient (Wildman–Crippen LogP) is 2.60. The van der Waals surface area contributed by atoms with Crippen LogP contribution in [0.3, 0.4) is 0 Å². The molecule has 2 aromatic rings. The normalized spacial score (nSPS) is 10.2. The molecule has 98 valence electrons. The van der Waals surface area contributed by atoms with Crippen LogP contribution in [0.15, 0.2) is 42.5 Å². The molecule has 0 aliphatic carbocycles. The quantitative estimate of drug-likeness (QED) is 0.894. The number of phenolic OH excluding ortho intramolecular Hbond substituents is 1. The molecule has 2 rings (SSSR count). The van der Waals surface area contributed by atoms with Crippen molar-refractivity contribution < 1.29 is 18.7 Å². The number of benzene rings is 2. The number of amides is 1. The second kappa shape index (κ2) is 5.48. The minimum absolute atomic E-state index is 0.117. The van der Waals surface area contributed by atoms with Crippen molar-refractivity contribution in [2.75, 3.05) is 0 Å². The van der Waals surface area contributed by atoms with Crippen LogP contribution < -0.4 is 5.32 Å². The summed E-state index contributed by atoms with van der Waals surface area (Å²) < 4.78 is 26.3. The van der Waals surface area contributed by atoms with Crippen molar-refractivity contribution in [3.8, 4) is 5.75 Å². The molecule has 0 aliphatic heterocycles. The molecule has 2 aromatic carbocycles. The highest BCUT2D eigenvalue weighted by Gasteiger charge is 2.12. The van der Waals surface area contributed by atoms with Crippen molar-refractivity contribution in [2.24, 2.45) is 0 Å². The van der Waals surface area contributed by atoms with Crippen molar-refractivity contribution in [1.82, 2.24) is 5.32 Å². The van der Waals surface area contributed by atoms with Crippen LogP contribution in [-0.2, 0) is 6.54 Å². The highest BCUT2D eigenvalue weighted by Crippen LogP contribution is 2.11. The molecule has 2 N–H and O–H groups in total. The first-order chi connectivity index (χ1) is 9.06. The van der Waals surface area contributed by atoms with E-state index in [-0.39, 0.29) is 17.9 Å². The predicted molar refractivity (Wildman–Crippen MR) is 65.6 cm³/mol. The molecule has 0 aromatic heterocycles. The van der Waals surface area contributed by atoms with Gasteiger partial charge in [-0.2, -0.15) is 0 Å². The molecule has 0 unspecified atom stereocenters. The summed E-state index contributed by atoms with van der Waals surface area (Å²) in [6.45, 7) is 0.162. The molecule has 0 bridgehead atoms. The van der Waals surface area contributed by atoms with Crippen LogP contribution in [0.5, 0.6) is 5.75 Å². The molecule has 0 aliphatic rings. The van der Waals surface area contributed by atoms with Crippen LogP contribution >= 0.6 is 0 Å². The standard InChI is InChI=1S/C14H11F2NO2/c15-10-3-6-13(16)12(7-10)14(19)17-8-9-1-4-11(18)5-2-9/h1-7,18H,8H2,(H,17,19). The number of hydrogen-bond acceptors (Lipinski definition) is 2. The monoisotopic (exact) mass is 263 g/mol. The third-order valence-corrected chi connectivity index (χ3v) is 2.56. The summed E-state index contributed by atoms with van der Waals surface area (Å²) >= 11 is 0. The largest absolute Gasteiger partial charge is 0.508 e. The minimum atomic E-state index is -0.774. The van der Waals surface area contributed by atoms with E-state index in [9.17, 15) is 13.6 Å². The smallest absolute Gasteiger partial charge is 0.254 e. The third-order valence-electron chi connectivity index (χ3n) is 2.56. The summed E-state index contributed by atoms with van der Waals surface area (Å²) in [4.78, 5) is 11.7. The van der Waals surface area contributed by atoms with Gasteiger partial charge in [-0.25, -0.2) is 8.78 Å². The van der Waals surface area contributed by atoms with Crippen molar-refractivity contribution in [2.45, 2.75) is 6.54 Å². The van der Waals surface area contributed by atoms with Gasteiger partial charge in [0.05, 0.1) is 5.56 Å². The van der Waals surface area contributed by atoms with Crippen LogP contribution in [0.1, 0.15) is 15.9 Å². The molecule has 3 nitrogen and oxygen atoms in total. The van der Waals surface area contributed by atoms with Gasteiger partial charge < -0.3 is 10.4 Å². The van der Waals surface area contributed by atoms with Gasteiger partial charge in [-0.3, -0.25) is 4.79 Å². The highest BCUT2D eigenvalue weighted by atomic mass is 19.1. The Labute approximate surface area is 108 Å². The Hall–Kier alpha value is -2.43. The fourth-order valence-corrected chi connectivity index (χ4v) is 1.56. The maximum atomic E-state index is 13.3. The van der Waals surface area contributed by atoms with Crippen LogP contribution in [-0.4, -0.2) is 11.0 Å². The third kappa shape index (κ3) is 3.28. The molecule has 1 amide bonds. The lowest BCUT2D eigenvalue weighted by Crippen LogP contribution is -2.23. The SMILES string of the molecule is O=C(NCc1ccc(O)cc1)c1cc(F)ccc1F. The van der Waals surface area contributed by atoms with Gasteiger partial charge in [0.2, 0.25) is 0 Å². The number of nitrogens with one attached hydrogen (secondary N) is 1. The van der Waals surface area contributed by atoms with Gasteiger partial charge in [-0.05, 0) is 35.9 Å². The fraction of sp³-hybridized carbons (Fsp3) is 0.0714. The molecular formula is C14H11F2NO2. The van der Waals surface area contributed by atoms with Gasteiger partial charge >= 0.3 is 0 Å². The van der Waals surface area contributed by atoms with E-state index in [1.165, 1.54) is 12.1 Å². The summed E-state index contributed by atoms with van der Waals surface area (Å²) in [6, 6.07) is 8.90. The van der Waals surface area contributed by atoms with E-state index in [1.807, 2.05) is 0 Å². The van der Waals surface area contributed by atoms with Crippen LogP contribution in [0.2, 0.25) is 0 Å². The first-order valence-electron chi connectivity index (χ1n) is 5.57. The van der Waals surface area contributed by atoms with E-state index in [1.54, 1.807) is 12.1 Å². The number of halogens is 2. The number of carbonyl (C=O) groups is 1. The average molecular weight is 263 g/mol. The Balaban J connectivity index is 2.05. The molecule has 0 spiro atoms. The summed E-state index contributed by atoms with van der Waals surface area (Å²) in [6.07, 6.45) is 0. The van der Waals surface area contributed by atoms with Gasteiger partial charge in [0.15, 0.2) is 0 Å². The van der Waals surface area contributed by atoms with Crippen LogP contribution in [0, 0.1) is 11.6 Å². The van der Waals surface area contributed by atoms with Crippen LogP contribution in [0.4, 0.5) is 8.78 Å². The van der Waals surface area contributed by atoms with E-state index in [0.717, 1.165) is 23.8 Å². The number of phenols is 1. The lowest BCUT2D eigenvalue weighted by atomic mass is 10.1. The number of rotatable bonds is 3. The van der Waals surface area contributed by atoms with E-state index in [4.69, 9.17) is 5.11 Å². The molecular weight excluding hydrogens is 252 g/mol.